The highest BCUT2D eigenvalue weighted by atomic mass is 32.2. The average Bonchev–Trinajstić information content (AvgIpc) is 3.51. The first-order valence-corrected chi connectivity index (χ1v) is 11.0. The van der Waals surface area contributed by atoms with Gasteiger partial charge in [-0.05, 0) is 68.1 Å². The first-order valence-electron chi connectivity index (χ1n) is 9.55. The smallest absolute Gasteiger partial charge is 0.338 e. The van der Waals surface area contributed by atoms with Crippen LogP contribution in [0.25, 0.3) is 0 Å². The zero-order valence-corrected chi connectivity index (χ0v) is 17.0. The number of amides is 1. The summed E-state index contributed by atoms with van der Waals surface area (Å²) in [5, 5.41) is 2.78. The fraction of sp³-hybridized carbons (Fsp3) is 0.333. The normalized spacial score (nSPS) is 13.7. The third kappa shape index (κ3) is 6.13. The van der Waals surface area contributed by atoms with Crippen molar-refractivity contribution in [3.8, 4) is 0 Å². The summed E-state index contributed by atoms with van der Waals surface area (Å²) in [5.41, 5.74) is 1.90. The van der Waals surface area contributed by atoms with E-state index in [4.69, 9.17) is 4.74 Å². The van der Waals surface area contributed by atoms with Gasteiger partial charge in [0, 0.05) is 18.2 Å². The van der Waals surface area contributed by atoms with Gasteiger partial charge in [0.1, 0.15) is 0 Å². The number of anilines is 1. The third-order valence-electron chi connectivity index (χ3n) is 4.45. The van der Waals surface area contributed by atoms with Gasteiger partial charge in [0.05, 0.1) is 17.1 Å². The van der Waals surface area contributed by atoms with Gasteiger partial charge < -0.3 is 10.1 Å². The Morgan fingerprint density at radius 3 is 2.28 bits per heavy atom. The van der Waals surface area contributed by atoms with Crippen LogP contribution in [0.1, 0.15) is 42.1 Å². The van der Waals surface area contributed by atoms with E-state index in [2.05, 4.69) is 10.0 Å². The maximum atomic E-state index is 12.2. The van der Waals surface area contributed by atoms with Crippen LogP contribution in [0.5, 0.6) is 0 Å². The molecule has 0 atom stereocenters. The van der Waals surface area contributed by atoms with Gasteiger partial charge in [-0.2, -0.15) is 0 Å². The quantitative estimate of drug-likeness (QED) is 0.612. The summed E-state index contributed by atoms with van der Waals surface area (Å²) in [6, 6.07) is 13.1. The number of aryl methyl sites for hydroxylation is 1. The van der Waals surface area contributed by atoms with Crippen molar-refractivity contribution in [2.75, 3.05) is 11.9 Å². The molecule has 0 saturated heterocycles. The molecule has 0 heterocycles. The Morgan fingerprint density at radius 2 is 1.69 bits per heavy atom. The molecule has 0 bridgehead atoms. The van der Waals surface area contributed by atoms with Crippen LogP contribution in [0.15, 0.2) is 53.4 Å². The van der Waals surface area contributed by atoms with Crippen LogP contribution >= 0.6 is 0 Å². The van der Waals surface area contributed by atoms with Crippen LogP contribution in [-0.2, 0) is 26.0 Å². The number of nitrogens with one attached hydrogen (secondary N) is 2. The van der Waals surface area contributed by atoms with E-state index < -0.39 is 16.0 Å². The number of hydrogen-bond donors (Lipinski definition) is 2. The van der Waals surface area contributed by atoms with Crippen molar-refractivity contribution in [1.82, 2.24) is 4.72 Å². The van der Waals surface area contributed by atoms with E-state index in [1.54, 1.807) is 55.5 Å². The SMILES string of the molecule is CCOC(=O)c1ccc(NC(=O)CCc2ccc(S(=O)(=O)NC3CC3)cc2)cc1. The predicted molar refractivity (Wildman–Crippen MR) is 109 cm³/mol. The lowest BCUT2D eigenvalue weighted by molar-refractivity contribution is -0.116. The number of benzene rings is 2. The van der Waals surface area contributed by atoms with Gasteiger partial charge in [0.25, 0.3) is 0 Å². The summed E-state index contributed by atoms with van der Waals surface area (Å²) < 4.78 is 31.9. The lowest BCUT2D eigenvalue weighted by atomic mass is 10.1. The molecule has 1 aliphatic rings. The Bertz CT molecular complexity index is 965. The minimum atomic E-state index is -3.46. The number of carbonyl (C=O) groups excluding carboxylic acids is 2. The van der Waals surface area contributed by atoms with Crippen molar-refractivity contribution in [1.29, 1.82) is 0 Å². The minimum absolute atomic E-state index is 0.0646. The summed E-state index contributed by atoms with van der Waals surface area (Å²) in [7, 11) is -3.46. The number of hydrogen-bond acceptors (Lipinski definition) is 5. The van der Waals surface area contributed by atoms with Gasteiger partial charge in [-0.1, -0.05) is 12.1 Å². The summed E-state index contributed by atoms with van der Waals surface area (Å²) in [6.45, 7) is 2.05. The highest BCUT2D eigenvalue weighted by molar-refractivity contribution is 7.89. The molecule has 2 N–H and O–H groups in total. The molecule has 0 unspecified atom stereocenters. The second-order valence-corrected chi connectivity index (χ2v) is 8.60. The fourth-order valence-electron chi connectivity index (χ4n) is 2.71. The number of sulfonamides is 1. The molecule has 7 nitrogen and oxygen atoms in total. The lowest BCUT2D eigenvalue weighted by Gasteiger charge is -2.08. The zero-order valence-electron chi connectivity index (χ0n) is 16.2. The van der Waals surface area contributed by atoms with Gasteiger partial charge in [-0.3, -0.25) is 4.79 Å². The van der Waals surface area contributed by atoms with Crippen LogP contribution < -0.4 is 10.0 Å². The minimum Gasteiger partial charge on any atom is -0.462 e. The number of rotatable bonds is 9. The molecule has 1 fully saturated rings. The van der Waals surface area contributed by atoms with E-state index >= 15 is 0 Å². The van der Waals surface area contributed by atoms with Crippen LogP contribution in [0, 0.1) is 0 Å². The van der Waals surface area contributed by atoms with Crippen molar-refractivity contribution in [3.63, 3.8) is 0 Å². The molecule has 0 radical (unpaired) electrons. The second kappa shape index (κ2) is 9.19. The van der Waals surface area contributed by atoms with Gasteiger partial charge in [-0.15, -0.1) is 0 Å². The van der Waals surface area contributed by atoms with Gasteiger partial charge in [0.15, 0.2) is 0 Å². The molecule has 0 aromatic heterocycles. The van der Waals surface area contributed by atoms with Crippen molar-refractivity contribution >= 4 is 27.6 Å². The van der Waals surface area contributed by atoms with Crippen LogP contribution in [-0.4, -0.2) is 32.9 Å². The van der Waals surface area contributed by atoms with E-state index in [9.17, 15) is 18.0 Å². The van der Waals surface area contributed by atoms with E-state index in [0.29, 0.717) is 24.3 Å². The molecular formula is C21H24N2O5S. The van der Waals surface area contributed by atoms with Crippen molar-refractivity contribution in [2.45, 2.75) is 43.5 Å². The third-order valence-corrected chi connectivity index (χ3v) is 5.99. The lowest BCUT2D eigenvalue weighted by Crippen LogP contribution is -2.25. The van der Waals surface area contributed by atoms with E-state index in [1.807, 2.05) is 0 Å². The Balaban J connectivity index is 1.49. The van der Waals surface area contributed by atoms with Crippen LogP contribution in [0.4, 0.5) is 5.69 Å². The molecule has 1 aliphatic carbocycles. The molecule has 29 heavy (non-hydrogen) atoms. The summed E-state index contributed by atoms with van der Waals surface area (Å²) in [6.07, 6.45) is 2.52. The molecule has 0 aliphatic heterocycles. The Morgan fingerprint density at radius 1 is 1.03 bits per heavy atom. The monoisotopic (exact) mass is 416 g/mol. The fourth-order valence-corrected chi connectivity index (χ4v) is 4.01. The molecule has 8 heteroatoms. The molecule has 3 rings (SSSR count). The Kier molecular flexibility index (Phi) is 6.66. The molecule has 1 amide bonds. The molecule has 1 saturated carbocycles. The molecule has 2 aromatic rings. The number of ether oxygens (including phenoxy) is 1. The highest BCUT2D eigenvalue weighted by Crippen LogP contribution is 2.22. The largest absolute Gasteiger partial charge is 0.462 e. The molecule has 0 spiro atoms. The molecular weight excluding hydrogens is 392 g/mol. The van der Waals surface area contributed by atoms with Gasteiger partial charge >= 0.3 is 5.97 Å². The first kappa shape index (κ1) is 21.0. The summed E-state index contributed by atoms with van der Waals surface area (Å²) in [4.78, 5) is 24.0. The van der Waals surface area contributed by atoms with E-state index in [-0.39, 0.29) is 23.3 Å². The van der Waals surface area contributed by atoms with E-state index in [0.717, 1.165) is 18.4 Å². The van der Waals surface area contributed by atoms with E-state index in [1.165, 1.54) is 0 Å². The standard InChI is InChI=1S/C21H24N2O5S/c1-2-28-21(25)16-6-8-17(9-7-16)22-20(24)14-5-15-3-12-19(13-4-15)29(26,27)23-18-10-11-18/h3-4,6-9,12-13,18,23H,2,5,10-11,14H2,1H3,(H,22,24). The predicted octanol–water partition coefficient (Wildman–Crippen LogP) is 2.88. The van der Waals surface area contributed by atoms with Crippen LogP contribution in [0.3, 0.4) is 0 Å². The van der Waals surface area contributed by atoms with Gasteiger partial charge in [0.2, 0.25) is 15.9 Å². The number of carbonyl (C=O) groups is 2. The number of esters is 1. The summed E-state index contributed by atoms with van der Waals surface area (Å²) >= 11 is 0. The Hall–Kier alpha value is -2.71. The maximum Gasteiger partial charge on any atom is 0.338 e. The Labute approximate surface area is 170 Å². The summed E-state index contributed by atoms with van der Waals surface area (Å²) in [5.74, 6) is -0.566. The van der Waals surface area contributed by atoms with Crippen molar-refractivity contribution < 1.29 is 22.7 Å². The molecule has 154 valence electrons. The zero-order chi connectivity index (χ0) is 20.9. The van der Waals surface area contributed by atoms with Crippen molar-refractivity contribution in [2.24, 2.45) is 0 Å². The van der Waals surface area contributed by atoms with Crippen molar-refractivity contribution in [3.05, 3.63) is 59.7 Å². The topological polar surface area (TPSA) is 102 Å². The molecule has 2 aromatic carbocycles. The second-order valence-electron chi connectivity index (χ2n) is 6.89. The van der Waals surface area contributed by atoms with Gasteiger partial charge in [-0.25, -0.2) is 17.9 Å². The average molecular weight is 416 g/mol. The highest BCUT2D eigenvalue weighted by Gasteiger charge is 2.27. The maximum absolute atomic E-state index is 12.2. The first-order chi connectivity index (χ1) is 13.9. The van der Waals surface area contributed by atoms with Crippen LogP contribution in [0.2, 0.25) is 0 Å².